The van der Waals surface area contributed by atoms with Crippen molar-refractivity contribution in [1.29, 1.82) is 0 Å². The first-order valence-electron chi connectivity index (χ1n) is 2.20. The van der Waals surface area contributed by atoms with Gasteiger partial charge < -0.3 is 0 Å². The van der Waals surface area contributed by atoms with Crippen LogP contribution in [0.1, 0.15) is 0 Å². The second-order valence-electron chi connectivity index (χ2n) is 3.82. The average molecular weight is 124 g/mol. The Hall–Kier alpha value is 0.514. The van der Waals surface area contributed by atoms with E-state index in [9.17, 15) is 3.32 Å². The Labute approximate surface area is 40.0 Å². The molecule has 0 aromatic heterocycles. The van der Waals surface area contributed by atoms with E-state index in [-0.39, 0.29) is 0 Å². The summed E-state index contributed by atoms with van der Waals surface area (Å²) >= 11 is -2.85. The predicted octanol–water partition coefficient (Wildman–Crippen LogP) is 2.21. The zero-order chi connectivity index (χ0) is 5.45. The molecule has 0 aliphatic rings. The third-order valence-corrected chi connectivity index (χ3v) is 0. The topological polar surface area (TPSA) is 17.1 Å². The molecular formula is C4H12OTi. The van der Waals surface area contributed by atoms with Gasteiger partial charge in [-0.25, -0.2) is 0 Å². The number of hydrogen-bond acceptors (Lipinski definition) is 1. The van der Waals surface area contributed by atoms with Gasteiger partial charge in [-0.1, -0.05) is 0 Å². The Morgan fingerprint density at radius 2 is 1.00 bits per heavy atom. The summed E-state index contributed by atoms with van der Waals surface area (Å²) in [6.45, 7) is 0. The SMILES string of the molecule is [CH3][Ti]([CH3])([CH3])([CH3])=[O]. The second kappa shape index (κ2) is 1.02. The Bertz CT molecular complexity index is 85.2. The third kappa shape index (κ3) is 211. The van der Waals surface area contributed by atoms with Crippen LogP contribution >= 0.6 is 0 Å². The van der Waals surface area contributed by atoms with Crippen LogP contribution in [-0.2, 0) is 18.6 Å². The van der Waals surface area contributed by atoms with Gasteiger partial charge in [0, 0.05) is 0 Å². The monoisotopic (exact) mass is 124 g/mol. The fourth-order valence-corrected chi connectivity index (χ4v) is 0. The average Bonchev–Trinajstić information content (AvgIpc) is 0.650. The summed E-state index contributed by atoms with van der Waals surface area (Å²) in [5.74, 6) is 0. The number of hydrogen-bond donors (Lipinski definition) is 0. The minimum atomic E-state index is -2.85. The second-order valence-corrected chi connectivity index (χ2v) is 15.7. The minimum absolute atomic E-state index is 1.84. The first-order valence-corrected chi connectivity index (χ1v) is 9.09. The van der Waals surface area contributed by atoms with Crippen molar-refractivity contribution in [3.05, 3.63) is 0 Å². The molecule has 2 heteroatoms. The van der Waals surface area contributed by atoms with Crippen molar-refractivity contribution in [3.8, 4) is 0 Å². The van der Waals surface area contributed by atoms with Crippen molar-refractivity contribution in [2.45, 2.75) is 20.9 Å². The van der Waals surface area contributed by atoms with E-state index < -0.39 is 15.3 Å². The van der Waals surface area contributed by atoms with E-state index in [0.717, 1.165) is 0 Å². The van der Waals surface area contributed by atoms with E-state index in [1.165, 1.54) is 0 Å². The van der Waals surface area contributed by atoms with Crippen LogP contribution in [0.4, 0.5) is 0 Å². The third-order valence-electron chi connectivity index (χ3n) is 0. The summed E-state index contributed by atoms with van der Waals surface area (Å²) in [6.07, 6.45) is 0. The molecular weight excluding hydrogens is 112 g/mol. The summed E-state index contributed by atoms with van der Waals surface area (Å²) in [6, 6.07) is 0. The van der Waals surface area contributed by atoms with Gasteiger partial charge in [-0.2, -0.15) is 0 Å². The van der Waals surface area contributed by atoms with E-state index in [1.807, 2.05) is 20.9 Å². The van der Waals surface area contributed by atoms with Gasteiger partial charge in [0.05, 0.1) is 0 Å². The first-order chi connectivity index (χ1) is 2.24. The van der Waals surface area contributed by atoms with Crippen molar-refractivity contribution in [2.24, 2.45) is 0 Å². The van der Waals surface area contributed by atoms with E-state index >= 15 is 0 Å². The van der Waals surface area contributed by atoms with Crippen molar-refractivity contribution in [3.63, 3.8) is 0 Å². The van der Waals surface area contributed by atoms with Gasteiger partial charge in [-0.05, 0) is 0 Å². The van der Waals surface area contributed by atoms with Gasteiger partial charge in [0.15, 0.2) is 0 Å². The molecule has 0 radical (unpaired) electrons. The van der Waals surface area contributed by atoms with Gasteiger partial charge in [0.2, 0.25) is 0 Å². The molecule has 0 aromatic carbocycles. The Balaban J connectivity index is 4.16. The van der Waals surface area contributed by atoms with Crippen molar-refractivity contribution >= 4 is 0 Å². The molecule has 0 N–H and O–H groups in total. The molecule has 0 bridgehead atoms. The molecule has 0 fully saturated rings. The number of rotatable bonds is 0. The summed E-state index contributed by atoms with van der Waals surface area (Å²) in [7, 11) is 0. The standard InChI is InChI=1S/4CH3.O.Ti/h4*1H3;;. The van der Waals surface area contributed by atoms with Crippen molar-refractivity contribution < 1.29 is 18.6 Å². The molecule has 1 nitrogen and oxygen atoms in total. The zero-order valence-corrected chi connectivity index (χ0v) is 6.47. The molecule has 0 aliphatic carbocycles. The van der Waals surface area contributed by atoms with Crippen LogP contribution in [-0.4, -0.2) is 0 Å². The molecule has 0 saturated carbocycles. The van der Waals surface area contributed by atoms with Gasteiger partial charge in [0.1, 0.15) is 0 Å². The van der Waals surface area contributed by atoms with Crippen LogP contribution in [0.25, 0.3) is 0 Å². The van der Waals surface area contributed by atoms with Crippen LogP contribution in [0.3, 0.4) is 0 Å². The molecule has 38 valence electrons. The Morgan fingerprint density at radius 1 is 1.00 bits per heavy atom. The van der Waals surface area contributed by atoms with Crippen LogP contribution in [0.5, 0.6) is 0 Å². The van der Waals surface area contributed by atoms with Crippen LogP contribution in [0, 0.1) is 0 Å². The molecule has 0 saturated heterocycles. The van der Waals surface area contributed by atoms with Gasteiger partial charge in [0.25, 0.3) is 0 Å². The zero-order valence-electron chi connectivity index (χ0n) is 4.91. The van der Waals surface area contributed by atoms with E-state index in [1.54, 1.807) is 0 Å². The van der Waals surface area contributed by atoms with Gasteiger partial charge >= 0.3 is 39.5 Å². The van der Waals surface area contributed by atoms with Crippen LogP contribution in [0.15, 0.2) is 0 Å². The maximum absolute atomic E-state index is 10.9. The van der Waals surface area contributed by atoms with E-state index in [4.69, 9.17) is 0 Å². The summed E-state index contributed by atoms with van der Waals surface area (Å²) in [5, 5.41) is 7.38. The van der Waals surface area contributed by atoms with E-state index in [0.29, 0.717) is 0 Å². The molecule has 0 aromatic rings. The van der Waals surface area contributed by atoms with Crippen LogP contribution in [0.2, 0.25) is 20.9 Å². The fraction of sp³-hybridized carbons (Fsp3) is 1.00. The molecule has 0 unspecified atom stereocenters. The Kier molecular flexibility index (Phi) is 1.10. The predicted molar refractivity (Wildman–Crippen MR) is 24.1 cm³/mol. The summed E-state index contributed by atoms with van der Waals surface area (Å²) in [4.78, 5) is 0. The van der Waals surface area contributed by atoms with E-state index in [2.05, 4.69) is 0 Å². The molecule has 6 heavy (non-hydrogen) atoms. The summed E-state index contributed by atoms with van der Waals surface area (Å²) in [5.41, 5.74) is 0. The molecule has 0 aliphatic heterocycles. The summed E-state index contributed by atoms with van der Waals surface area (Å²) < 4.78 is 10.9. The molecule has 0 amide bonds. The van der Waals surface area contributed by atoms with Crippen molar-refractivity contribution in [2.75, 3.05) is 0 Å². The molecule has 0 rings (SSSR count). The fourth-order valence-electron chi connectivity index (χ4n) is 0. The van der Waals surface area contributed by atoms with Crippen LogP contribution < -0.4 is 0 Å². The normalized spacial score (nSPS) is 14.8. The molecule has 0 heterocycles. The maximum atomic E-state index is 10.9. The van der Waals surface area contributed by atoms with Gasteiger partial charge in [-0.15, -0.1) is 0 Å². The first kappa shape index (κ1) is 6.51. The quantitative estimate of drug-likeness (QED) is 0.452. The van der Waals surface area contributed by atoms with Gasteiger partial charge in [-0.3, -0.25) is 0 Å². The Morgan fingerprint density at radius 3 is 1.00 bits per heavy atom. The molecule has 0 spiro atoms. The van der Waals surface area contributed by atoms with Crippen molar-refractivity contribution in [1.82, 2.24) is 0 Å². The molecule has 0 atom stereocenters.